The van der Waals surface area contributed by atoms with E-state index in [9.17, 15) is 48.3 Å². The summed E-state index contributed by atoms with van der Waals surface area (Å²) in [6, 6.07) is -1.30. The number of ether oxygens (including phenoxy) is 2. The summed E-state index contributed by atoms with van der Waals surface area (Å²) in [7, 11) is 0. The number of rotatable bonds is 30. The number of carbonyl (C=O) groups excluding carboxylic acids is 9. The van der Waals surface area contributed by atoms with E-state index in [0.29, 0.717) is 11.5 Å². The predicted molar refractivity (Wildman–Crippen MR) is 204 cm³/mol. The Balaban J connectivity index is 1.93. The van der Waals surface area contributed by atoms with Crippen molar-refractivity contribution in [2.75, 3.05) is 72.2 Å². The first kappa shape index (κ1) is 51.3. The number of hydrogen-bond acceptors (Lipinski definition) is 17. The van der Waals surface area contributed by atoms with Gasteiger partial charge in [-0.2, -0.15) is 0 Å². The number of amides is 9. The van der Waals surface area contributed by atoms with Crippen molar-refractivity contribution in [2.24, 2.45) is 0 Å². The molecule has 2 aliphatic heterocycles. The largest absolute Gasteiger partial charge is 0.395 e. The average molecular weight is 861 g/mol. The predicted octanol–water partition coefficient (Wildman–Crippen LogP) is -5.80. The second kappa shape index (κ2) is 29.4. The van der Waals surface area contributed by atoms with Crippen molar-refractivity contribution in [1.29, 1.82) is 0 Å². The fraction of sp³-hybridized carbons (Fsp3) is 0.743. The molecule has 0 aromatic rings. The Hall–Kier alpha value is -4.89. The fourth-order valence-electron chi connectivity index (χ4n) is 5.57. The number of hydroxylamine groups is 3. The standard InChI is InChI=1S/C35H60N10O15/c1-23-6-8-25(48)35(59-23)58-19-16-38-27(50)4-2-12-36-28(51)9-7-24(34(57)39-13-3-5-26(49)37-14-17-46)41-29(52)20-44(21-30(53)42-40-15-18-47)22-31(54)43-60-45-32(55)10-11-33(45)56/h23-25,35,40,46-48H,2-22H2,1H3,(H,36,51)(H,37,49)(H,38,50)(H,39,57)(H,41,52)(H,42,53)(H,43,54)/t23-,24-,25-,35+/m0/s1. The van der Waals surface area contributed by atoms with E-state index in [2.05, 4.69) is 37.4 Å². The minimum Gasteiger partial charge on any atom is -0.395 e. The van der Waals surface area contributed by atoms with Crippen LogP contribution in [0.25, 0.3) is 0 Å². The van der Waals surface area contributed by atoms with Gasteiger partial charge in [-0.3, -0.25) is 53.5 Å². The molecular weight excluding hydrogens is 800 g/mol. The van der Waals surface area contributed by atoms with Gasteiger partial charge in [0.25, 0.3) is 17.7 Å². The molecule has 2 saturated heterocycles. The molecule has 2 fully saturated rings. The smallest absolute Gasteiger partial charge is 0.259 e. The Morgan fingerprint density at radius 2 is 1.33 bits per heavy atom. The van der Waals surface area contributed by atoms with E-state index in [-0.39, 0.29) is 122 Å². The van der Waals surface area contributed by atoms with Crippen LogP contribution >= 0.6 is 0 Å². The molecule has 60 heavy (non-hydrogen) atoms. The third kappa shape index (κ3) is 21.9. The highest BCUT2D eigenvalue weighted by Crippen LogP contribution is 2.20. The monoisotopic (exact) mass is 860 g/mol. The number of aliphatic hydroxyl groups excluding tert-OH is 3. The molecule has 0 aromatic carbocycles. The van der Waals surface area contributed by atoms with E-state index in [1.807, 2.05) is 12.4 Å². The Morgan fingerprint density at radius 1 is 0.750 bits per heavy atom. The molecular formula is C35H60N10O15. The number of hydrazine groups is 1. The molecule has 9 amide bonds. The van der Waals surface area contributed by atoms with Crippen LogP contribution in [0.2, 0.25) is 0 Å². The van der Waals surface area contributed by atoms with Crippen LogP contribution < -0.4 is 42.9 Å². The molecule has 0 aromatic heterocycles. The first-order chi connectivity index (χ1) is 28.7. The molecule has 25 nitrogen and oxygen atoms in total. The molecule has 25 heteroatoms. The lowest BCUT2D eigenvalue weighted by Crippen LogP contribution is -2.53. The van der Waals surface area contributed by atoms with Crippen molar-refractivity contribution in [3.8, 4) is 0 Å². The molecule has 0 bridgehead atoms. The molecule has 0 radical (unpaired) electrons. The number of carbonyl (C=O) groups is 9. The van der Waals surface area contributed by atoms with Crippen molar-refractivity contribution in [1.82, 2.24) is 52.9 Å². The number of nitrogens with one attached hydrogen (secondary N) is 8. The molecule has 2 rings (SSSR count). The molecule has 0 saturated carbocycles. The number of imide groups is 1. The van der Waals surface area contributed by atoms with Crippen LogP contribution in [0, 0.1) is 0 Å². The van der Waals surface area contributed by atoms with Crippen LogP contribution in [0.5, 0.6) is 0 Å². The van der Waals surface area contributed by atoms with E-state index in [1.54, 1.807) is 0 Å². The summed E-state index contributed by atoms with van der Waals surface area (Å²) < 4.78 is 11.1. The minimum atomic E-state index is -1.30. The van der Waals surface area contributed by atoms with E-state index in [1.165, 1.54) is 0 Å². The summed E-state index contributed by atoms with van der Waals surface area (Å²) in [5.74, 6) is -5.71. The topological polar surface area (TPSA) is 345 Å². The average Bonchev–Trinajstić information content (AvgIpc) is 3.53. The molecule has 11 N–H and O–H groups in total. The fourth-order valence-corrected chi connectivity index (χ4v) is 5.57. The van der Waals surface area contributed by atoms with Crippen molar-refractivity contribution < 1.29 is 72.9 Å². The summed E-state index contributed by atoms with van der Waals surface area (Å²) in [5, 5.41) is 41.1. The van der Waals surface area contributed by atoms with Gasteiger partial charge in [0.05, 0.1) is 45.6 Å². The van der Waals surface area contributed by atoms with Gasteiger partial charge >= 0.3 is 0 Å². The molecule has 0 unspecified atom stereocenters. The SMILES string of the molecule is C[C@H]1CC[C@H](O)[C@H](OCCNC(=O)CCCNC(=O)CC[C@H](NC(=O)CN(CC(=O)NNCCO)CC(=O)NON2C(=O)CCC2=O)C(=O)NCCCC(=O)NCCO)O1. The lowest BCUT2D eigenvalue weighted by atomic mass is 10.1. The molecule has 2 aliphatic rings. The van der Waals surface area contributed by atoms with Gasteiger partial charge < -0.3 is 51.4 Å². The highest BCUT2D eigenvalue weighted by molar-refractivity contribution is 6.00. The Kier molecular flexibility index (Phi) is 25.1. The Bertz CT molecular complexity index is 1420. The zero-order valence-corrected chi connectivity index (χ0v) is 33.8. The molecule has 0 spiro atoms. The van der Waals surface area contributed by atoms with Gasteiger partial charge in [-0.15, -0.1) is 10.0 Å². The summed E-state index contributed by atoms with van der Waals surface area (Å²) in [5.41, 5.74) is 6.61. The van der Waals surface area contributed by atoms with Crippen molar-refractivity contribution >= 4 is 53.2 Å². The second-order valence-electron chi connectivity index (χ2n) is 13.8. The highest BCUT2D eigenvalue weighted by Gasteiger charge is 2.32. The number of nitrogens with zero attached hydrogens (tertiary/aromatic N) is 2. The van der Waals surface area contributed by atoms with E-state index < -0.39 is 79.4 Å². The van der Waals surface area contributed by atoms with Crippen LogP contribution in [-0.4, -0.2) is 175 Å². The normalized spacial score (nSPS) is 18.1. The van der Waals surface area contributed by atoms with Gasteiger partial charge in [0.2, 0.25) is 35.4 Å². The summed E-state index contributed by atoms with van der Waals surface area (Å²) >= 11 is 0. The molecule has 0 aliphatic carbocycles. The van der Waals surface area contributed by atoms with Crippen LogP contribution in [0.4, 0.5) is 0 Å². The van der Waals surface area contributed by atoms with Crippen LogP contribution in [0.15, 0.2) is 0 Å². The van der Waals surface area contributed by atoms with Crippen LogP contribution in [-0.2, 0) is 57.6 Å². The van der Waals surface area contributed by atoms with Crippen molar-refractivity contribution in [3.63, 3.8) is 0 Å². The van der Waals surface area contributed by atoms with Gasteiger partial charge in [-0.05, 0) is 39.0 Å². The number of aliphatic hydroxyl groups is 3. The maximum Gasteiger partial charge on any atom is 0.259 e. The lowest BCUT2D eigenvalue weighted by molar-refractivity contribution is -0.235. The number of hydrogen-bond donors (Lipinski definition) is 11. The van der Waals surface area contributed by atoms with Gasteiger partial charge in [-0.1, -0.05) is 0 Å². The zero-order chi connectivity index (χ0) is 44.3. The minimum absolute atomic E-state index is 0.00924. The van der Waals surface area contributed by atoms with Crippen LogP contribution in [0.3, 0.4) is 0 Å². The van der Waals surface area contributed by atoms with E-state index in [0.717, 1.165) is 11.3 Å². The van der Waals surface area contributed by atoms with E-state index in [4.69, 9.17) is 24.6 Å². The zero-order valence-electron chi connectivity index (χ0n) is 33.8. The third-order valence-electron chi connectivity index (χ3n) is 8.61. The lowest BCUT2D eigenvalue weighted by Gasteiger charge is -2.31. The van der Waals surface area contributed by atoms with Gasteiger partial charge in [0, 0.05) is 64.8 Å². The summed E-state index contributed by atoms with van der Waals surface area (Å²) in [6.07, 6.45) is -0.305. The summed E-state index contributed by atoms with van der Waals surface area (Å²) in [6.45, 7) is -0.0276. The summed E-state index contributed by atoms with van der Waals surface area (Å²) in [4.78, 5) is 118. The Morgan fingerprint density at radius 3 is 2.00 bits per heavy atom. The van der Waals surface area contributed by atoms with Gasteiger partial charge in [0.15, 0.2) is 6.29 Å². The second-order valence-corrected chi connectivity index (χ2v) is 13.8. The highest BCUT2D eigenvalue weighted by atomic mass is 16.8. The third-order valence-corrected chi connectivity index (χ3v) is 8.61. The van der Waals surface area contributed by atoms with E-state index >= 15 is 0 Å². The first-order valence-corrected chi connectivity index (χ1v) is 19.8. The Labute approximate surface area is 346 Å². The van der Waals surface area contributed by atoms with Crippen LogP contribution in [0.1, 0.15) is 71.1 Å². The quantitative estimate of drug-likeness (QED) is 0.0182. The van der Waals surface area contributed by atoms with Gasteiger partial charge in [0.1, 0.15) is 12.1 Å². The maximum absolute atomic E-state index is 13.3. The molecule has 4 atom stereocenters. The maximum atomic E-state index is 13.3. The van der Waals surface area contributed by atoms with Gasteiger partial charge in [-0.25, -0.2) is 10.9 Å². The molecule has 2 heterocycles. The van der Waals surface area contributed by atoms with Crippen molar-refractivity contribution in [2.45, 2.75) is 95.7 Å². The first-order valence-electron chi connectivity index (χ1n) is 19.8. The van der Waals surface area contributed by atoms with Crippen molar-refractivity contribution in [3.05, 3.63) is 0 Å². The molecule has 340 valence electrons.